The number of benzene rings is 1. The Labute approximate surface area is 148 Å². The van der Waals surface area contributed by atoms with Crippen LogP contribution < -0.4 is 5.56 Å². The Bertz CT molecular complexity index is 942. The van der Waals surface area contributed by atoms with Crippen molar-refractivity contribution in [2.75, 3.05) is 13.2 Å². The molecule has 25 heavy (non-hydrogen) atoms. The van der Waals surface area contributed by atoms with Gasteiger partial charge in [-0.05, 0) is 49.1 Å². The van der Waals surface area contributed by atoms with E-state index in [0.29, 0.717) is 29.1 Å². The van der Waals surface area contributed by atoms with Gasteiger partial charge in [-0.25, -0.2) is 4.98 Å². The summed E-state index contributed by atoms with van der Waals surface area (Å²) in [5.41, 5.74) is 1.06. The van der Waals surface area contributed by atoms with Gasteiger partial charge < -0.3 is 14.9 Å². The van der Waals surface area contributed by atoms with E-state index in [4.69, 9.17) is 4.74 Å². The van der Waals surface area contributed by atoms with Gasteiger partial charge in [-0.15, -0.1) is 11.3 Å². The first-order chi connectivity index (χ1) is 12.1. The van der Waals surface area contributed by atoms with Gasteiger partial charge in [0.25, 0.3) is 5.56 Å². The molecule has 4 rings (SSSR count). The van der Waals surface area contributed by atoms with Crippen LogP contribution >= 0.6 is 11.3 Å². The van der Waals surface area contributed by atoms with Crippen molar-refractivity contribution in [1.29, 1.82) is 0 Å². The van der Waals surface area contributed by atoms with Crippen LogP contribution in [0.25, 0.3) is 15.9 Å². The summed E-state index contributed by atoms with van der Waals surface area (Å²) < 4.78 is 7.32. The molecule has 1 aliphatic heterocycles. The summed E-state index contributed by atoms with van der Waals surface area (Å²) >= 11 is 1.30. The van der Waals surface area contributed by atoms with Crippen molar-refractivity contribution in [2.24, 2.45) is 5.92 Å². The molecule has 6 nitrogen and oxygen atoms in total. The maximum Gasteiger partial charge on any atom is 0.275 e. The maximum absolute atomic E-state index is 12.8. The van der Waals surface area contributed by atoms with Gasteiger partial charge in [0.1, 0.15) is 16.8 Å². The number of aliphatic hydroxyl groups excluding tert-OH is 1. The molecule has 1 aliphatic rings. The molecule has 7 heteroatoms. The number of rotatable bonds is 3. The fraction of sp³-hybridized carbons (Fsp3) is 0.333. The summed E-state index contributed by atoms with van der Waals surface area (Å²) in [4.78, 5) is 17.9. The van der Waals surface area contributed by atoms with E-state index in [9.17, 15) is 15.0 Å². The molecule has 1 atom stereocenters. The Kier molecular flexibility index (Phi) is 4.29. The minimum atomic E-state index is -0.593. The average Bonchev–Trinajstić information content (AvgIpc) is 3.08. The molecule has 0 bridgehead atoms. The molecular formula is C18H18N2O4S. The van der Waals surface area contributed by atoms with Crippen molar-refractivity contribution in [3.63, 3.8) is 0 Å². The minimum absolute atomic E-state index is 0.142. The van der Waals surface area contributed by atoms with Crippen LogP contribution in [0.3, 0.4) is 0 Å². The quantitative estimate of drug-likeness (QED) is 0.752. The topological polar surface area (TPSA) is 84.6 Å². The van der Waals surface area contributed by atoms with Crippen LogP contribution in [0.1, 0.15) is 23.8 Å². The number of aromatic hydroxyl groups is 1. The van der Waals surface area contributed by atoms with Gasteiger partial charge in [0.15, 0.2) is 0 Å². The average molecular weight is 358 g/mol. The van der Waals surface area contributed by atoms with Gasteiger partial charge in [-0.1, -0.05) is 0 Å². The summed E-state index contributed by atoms with van der Waals surface area (Å²) in [6.07, 6.45) is 2.53. The summed E-state index contributed by atoms with van der Waals surface area (Å²) in [6.45, 7) is 1.33. The third-order valence-corrected chi connectivity index (χ3v) is 5.77. The molecule has 0 radical (unpaired) electrons. The highest BCUT2D eigenvalue weighted by atomic mass is 32.1. The molecule has 130 valence electrons. The molecule has 0 amide bonds. The lowest BCUT2D eigenvalue weighted by Gasteiger charge is -2.25. The van der Waals surface area contributed by atoms with Gasteiger partial charge >= 0.3 is 0 Å². The zero-order chi connectivity index (χ0) is 17.4. The van der Waals surface area contributed by atoms with E-state index in [1.807, 2.05) is 6.07 Å². The molecule has 1 saturated heterocycles. The lowest BCUT2D eigenvalue weighted by Crippen LogP contribution is -2.21. The van der Waals surface area contributed by atoms with Crippen LogP contribution in [-0.2, 0) is 4.74 Å². The summed E-state index contributed by atoms with van der Waals surface area (Å²) in [6, 6.07) is 8.19. The second kappa shape index (κ2) is 6.59. The number of phenolic OH excluding ortho intramolecular Hbond substituents is 1. The van der Waals surface area contributed by atoms with E-state index in [0.717, 1.165) is 17.7 Å². The number of nitrogens with zero attached hydrogens (tertiary/aromatic N) is 2. The Morgan fingerprint density at radius 1 is 1.24 bits per heavy atom. The highest BCUT2D eigenvalue weighted by Crippen LogP contribution is 2.35. The summed E-state index contributed by atoms with van der Waals surface area (Å²) in [5.74, 6) is 0.296. The molecule has 3 aromatic rings. The predicted molar refractivity (Wildman–Crippen MR) is 95.4 cm³/mol. The SMILES string of the molecule is O=c1c2sc(C(O)C3CCOCC3)cc2ncn1-c1ccc(O)cc1. The highest BCUT2D eigenvalue weighted by Gasteiger charge is 2.25. The van der Waals surface area contributed by atoms with Crippen LogP contribution in [0.5, 0.6) is 5.75 Å². The molecule has 1 fully saturated rings. The zero-order valence-corrected chi connectivity index (χ0v) is 14.3. The molecule has 2 N–H and O–H groups in total. The van der Waals surface area contributed by atoms with Crippen LogP contribution in [0.4, 0.5) is 0 Å². The number of hydrogen-bond acceptors (Lipinski definition) is 6. The summed E-state index contributed by atoms with van der Waals surface area (Å²) in [5, 5.41) is 20.0. The number of phenols is 1. The van der Waals surface area contributed by atoms with E-state index in [1.165, 1.54) is 34.4 Å². The standard InChI is InChI=1S/C18H18N2O4S/c21-13-3-1-12(2-4-13)20-10-19-14-9-15(25-17(14)18(20)23)16(22)11-5-7-24-8-6-11/h1-4,9-11,16,21-22H,5-8H2. The Morgan fingerprint density at radius 3 is 2.68 bits per heavy atom. The number of hydrogen-bond donors (Lipinski definition) is 2. The lowest BCUT2D eigenvalue weighted by atomic mass is 9.93. The van der Waals surface area contributed by atoms with Gasteiger partial charge in [0.2, 0.25) is 0 Å². The third-order valence-electron chi connectivity index (χ3n) is 4.59. The molecule has 0 saturated carbocycles. The second-order valence-electron chi connectivity index (χ2n) is 6.19. The monoisotopic (exact) mass is 358 g/mol. The number of thiophene rings is 1. The van der Waals surface area contributed by atoms with E-state index in [-0.39, 0.29) is 17.2 Å². The Morgan fingerprint density at radius 2 is 1.96 bits per heavy atom. The van der Waals surface area contributed by atoms with Crippen LogP contribution in [0.15, 0.2) is 41.5 Å². The first-order valence-corrected chi connectivity index (χ1v) is 9.01. The number of fused-ring (bicyclic) bond motifs is 1. The summed E-state index contributed by atoms with van der Waals surface area (Å²) in [7, 11) is 0. The molecule has 1 unspecified atom stereocenters. The van der Waals surface area contributed by atoms with Gasteiger partial charge in [-0.2, -0.15) is 0 Å². The number of aliphatic hydroxyl groups is 1. The third kappa shape index (κ3) is 3.06. The fourth-order valence-corrected chi connectivity index (χ4v) is 4.26. The molecule has 0 aliphatic carbocycles. The lowest BCUT2D eigenvalue weighted by molar-refractivity contribution is 0.00856. The normalized spacial score (nSPS) is 17.0. The molecule has 2 aromatic heterocycles. The van der Waals surface area contributed by atoms with Crippen molar-refractivity contribution in [3.8, 4) is 11.4 Å². The van der Waals surface area contributed by atoms with Crippen molar-refractivity contribution in [1.82, 2.24) is 9.55 Å². The Hall–Kier alpha value is -2.22. The van der Waals surface area contributed by atoms with Gasteiger partial charge in [-0.3, -0.25) is 9.36 Å². The number of ether oxygens (including phenoxy) is 1. The van der Waals surface area contributed by atoms with Crippen molar-refractivity contribution < 1.29 is 14.9 Å². The Balaban J connectivity index is 1.72. The van der Waals surface area contributed by atoms with Crippen LogP contribution in [-0.4, -0.2) is 33.0 Å². The van der Waals surface area contributed by atoms with Crippen molar-refractivity contribution >= 4 is 21.6 Å². The van der Waals surface area contributed by atoms with Gasteiger partial charge in [0, 0.05) is 18.1 Å². The van der Waals surface area contributed by atoms with E-state index in [2.05, 4.69) is 4.98 Å². The molecule has 1 aromatic carbocycles. The first-order valence-electron chi connectivity index (χ1n) is 8.20. The second-order valence-corrected chi connectivity index (χ2v) is 7.28. The zero-order valence-electron chi connectivity index (χ0n) is 13.5. The molecule has 0 spiro atoms. The van der Waals surface area contributed by atoms with Crippen LogP contribution in [0.2, 0.25) is 0 Å². The fourth-order valence-electron chi connectivity index (χ4n) is 3.14. The van der Waals surface area contributed by atoms with Crippen molar-refractivity contribution in [3.05, 3.63) is 51.9 Å². The highest BCUT2D eigenvalue weighted by molar-refractivity contribution is 7.19. The van der Waals surface area contributed by atoms with Crippen LogP contribution in [0, 0.1) is 5.92 Å². The molecule has 3 heterocycles. The van der Waals surface area contributed by atoms with E-state index < -0.39 is 6.10 Å². The first kappa shape index (κ1) is 16.3. The van der Waals surface area contributed by atoms with E-state index in [1.54, 1.807) is 12.1 Å². The maximum atomic E-state index is 12.8. The molecular weight excluding hydrogens is 340 g/mol. The smallest absolute Gasteiger partial charge is 0.275 e. The minimum Gasteiger partial charge on any atom is -0.508 e. The van der Waals surface area contributed by atoms with Gasteiger partial charge in [0.05, 0.1) is 17.3 Å². The van der Waals surface area contributed by atoms with Crippen molar-refractivity contribution in [2.45, 2.75) is 18.9 Å². The number of aromatic nitrogens is 2. The largest absolute Gasteiger partial charge is 0.508 e. The van der Waals surface area contributed by atoms with E-state index >= 15 is 0 Å². The predicted octanol–water partition coefficient (Wildman–Crippen LogP) is 2.61.